The first kappa shape index (κ1) is 30.0. The molecule has 0 radical (unpaired) electrons. The van der Waals surface area contributed by atoms with Gasteiger partial charge in [-0.3, -0.25) is 6.08 Å². The Hall–Kier alpha value is -3.02. The molecule has 1 aliphatic carbocycles. The number of rotatable bonds is 2. The molecule has 200 valence electrons. The second-order valence-electron chi connectivity index (χ2n) is 12.3. The van der Waals surface area contributed by atoms with Gasteiger partial charge in [-0.2, -0.15) is 6.08 Å². The van der Waals surface area contributed by atoms with Crippen molar-refractivity contribution in [1.82, 2.24) is 0 Å². The van der Waals surface area contributed by atoms with E-state index in [1.807, 2.05) is 12.2 Å². The van der Waals surface area contributed by atoms with Gasteiger partial charge in [-0.15, -0.1) is 40.1 Å². The number of hydrogen-bond acceptors (Lipinski definition) is 0. The van der Waals surface area contributed by atoms with Gasteiger partial charge in [-0.1, -0.05) is 83.0 Å². The summed E-state index contributed by atoms with van der Waals surface area (Å²) in [6.07, 6.45) is 10.0. The maximum atomic E-state index is 2.99. The van der Waals surface area contributed by atoms with Crippen LogP contribution in [0.3, 0.4) is 0 Å². The number of hydrogen-bond donors (Lipinski definition) is 0. The van der Waals surface area contributed by atoms with E-state index in [-0.39, 0.29) is 10.8 Å². The fraction of sp³-hybridized carbons (Fsp3) is 0.231. The van der Waals surface area contributed by atoms with E-state index in [1.54, 1.807) is 0 Å². The molecule has 0 spiro atoms. The van der Waals surface area contributed by atoms with E-state index < -0.39 is 0 Å². The Morgan fingerprint density at radius 2 is 1.32 bits per heavy atom. The first-order valence-electron chi connectivity index (χ1n) is 14.1. The monoisotopic (exact) mass is 598 g/mol. The van der Waals surface area contributed by atoms with Crippen molar-refractivity contribution < 1.29 is 24.2 Å². The van der Waals surface area contributed by atoms with Gasteiger partial charge in [0.05, 0.1) is 0 Å². The number of benzene rings is 4. The molecule has 0 nitrogen and oxygen atoms in total. The van der Waals surface area contributed by atoms with Crippen LogP contribution in [-0.2, 0) is 35.1 Å². The topological polar surface area (TPSA) is 0 Å². The standard InChI is InChI=1S/C21H25.C13H10.C5H5.Zr/c1-20(2,3)15-11-10-14-12-18-16(17(14)13-15)8-7-9-19(18)21(4,5)6;1-3-7-12(8-4-1)11-13-9-5-2-6-10-13;1-2-4-5-3-1;/h7-13H,1-6H3;1-10H;1-3H,4H2;/q-1;;-1;+2. The van der Waals surface area contributed by atoms with Gasteiger partial charge in [-0.25, -0.2) is 12.2 Å². The molecule has 6 rings (SSSR count). The van der Waals surface area contributed by atoms with Crippen molar-refractivity contribution in [2.75, 3.05) is 0 Å². The average Bonchev–Trinajstić information content (AvgIpc) is 3.64. The third-order valence-corrected chi connectivity index (χ3v) is 8.55. The van der Waals surface area contributed by atoms with Crippen LogP contribution in [-0.4, -0.2) is 3.21 Å². The van der Waals surface area contributed by atoms with E-state index in [2.05, 4.69) is 157 Å². The van der Waals surface area contributed by atoms with Gasteiger partial charge in [0.2, 0.25) is 0 Å². The summed E-state index contributed by atoms with van der Waals surface area (Å²) in [5, 5.41) is 5.55. The first-order valence-corrected chi connectivity index (χ1v) is 15.3. The Balaban J connectivity index is 0.000000166. The van der Waals surface area contributed by atoms with Crippen LogP contribution in [0.2, 0.25) is 0 Å². The van der Waals surface area contributed by atoms with Crippen LogP contribution in [0.15, 0.2) is 121 Å². The summed E-state index contributed by atoms with van der Waals surface area (Å²) in [5.41, 5.74) is 5.88. The van der Waals surface area contributed by atoms with Crippen LogP contribution in [0.1, 0.15) is 70.2 Å². The number of allylic oxidation sites excluding steroid dienone is 4. The average molecular weight is 600 g/mol. The zero-order chi connectivity index (χ0) is 28.8. The molecular weight excluding hydrogens is 560 g/mol. The summed E-state index contributed by atoms with van der Waals surface area (Å²) < 4.78 is 1.42. The normalized spacial score (nSPS) is 12.6. The van der Waals surface area contributed by atoms with Crippen LogP contribution < -0.4 is 0 Å². The predicted octanol–water partition coefficient (Wildman–Crippen LogP) is 10.4. The Labute approximate surface area is 256 Å². The molecule has 0 saturated carbocycles. The summed E-state index contributed by atoms with van der Waals surface area (Å²) in [6.45, 7) is 13.7. The molecule has 0 fully saturated rings. The molecule has 0 atom stereocenters. The van der Waals surface area contributed by atoms with Crippen LogP contribution in [0, 0.1) is 6.08 Å². The molecule has 0 heterocycles. The predicted molar refractivity (Wildman–Crippen MR) is 172 cm³/mol. The van der Waals surface area contributed by atoms with E-state index in [4.69, 9.17) is 0 Å². The van der Waals surface area contributed by atoms with Crippen molar-refractivity contribution >= 4 is 24.8 Å². The zero-order valence-corrected chi connectivity index (χ0v) is 27.2. The van der Waals surface area contributed by atoms with Crippen molar-refractivity contribution in [1.29, 1.82) is 0 Å². The van der Waals surface area contributed by atoms with Gasteiger partial charge in [0.1, 0.15) is 0 Å². The molecule has 0 N–H and O–H groups in total. The molecule has 0 aliphatic heterocycles. The van der Waals surface area contributed by atoms with Crippen molar-refractivity contribution in [3.63, 3.8) is 0 Å². The Morgan fingerprint density at radius 3 is 1.80 bits per heavy atom. The van der Waals surface area contributed by atoms with Crippen molar-refractivity contribution in [2.45, 2.75) is 58.8 Å². The minimum absolute atomic E-state index is 0.177. The minimum atomic E-state index is 0.177. The van der Waals surface area contributed by atoms with E-state index in [0.29, 0.717) is 0 Å². The van der Waals surface area contributed by atoms with Gasteiger partial charge in [0.15, 0.2) is 0 Å². The quantitative estimate of drug-likeness (QED) is 0.177. The molecule has 0 unspecified atom stereocenters. The summed E-state index contributed by atoms with van der Waals surface area (Å²) in [6, 6.07) is 37.1. The molecule has 40 heavy (non-hydrogen) atoms. The third kappa shape index (κ3) is 7.58. The fourth-order valence-corrected chi connectivity index (χ4v) is 5.68. The van der Waals surface area contributed by atoms with Crippen LogP contribution >= 0.6 is 0 Å². The van der Waals surface area contributed by atoms with Crippen LogP contribution in [0.25, 0.3) is 21.5 Å². The van der Waals surface area contributed by atoms with Crippen LogP contribution in [0.5, 0.6) is 0 Å². The van der Waals surface area contributed by atoms with Gasteiger partial charge in [0, 0.05) is 0 Å². The molecule has 1 aliphatic rings. The molecule has 0 amide bonds. The summed E-state index contributed by atoms with van der Waals surface area (Å²) in [7, 11) is 0. The van der Waals surface area contributed by atoms with Gasteiger partial charge in [0.25, 0.3) is 0 Å². The van der Waals surface area contributed by atoms with E-state index in [9.17, 15) is 0 Å². The van der Waals surface area contributed by atoms with Crippen molar-refractivity contribution in [2.24, 2.45) is 0 Å². The molecule has 0 bridgehead atoms. The Kier molecular flexibility index (Phi) is 9.81. The second-order valence-corrected chi connectivity index (χ2v) is 13.6. The molecule has 5 aromatic rings. The third-order valence-electron chi connectivity index (χ3n) is 7.13. The van der Waals surface area contributed by atoms with Crippen LogP contribution in [0.4, 0.5) is 0 Å². The fourth-order valence-electron chi connectivity index (χ4n) is 4.86. The molecule has 0 saturated heterocycles. The second kappa shape index (κ2) is 13.1. The van der Waals surface area contributed by atoms with Gasteiger partial charge >= 0.3 is 99.2 Å². The molecule has 0 aromatic heterocycles. The molecule has 5 aromatic carbocycles. The van der Waals surface area contributed by atoms with Crippen molar-refractivity contribution in [3.8, 4) is 0 Å². The number of fused-ring (bicyclic) bond motifs is 3. The molecule has 1 heteroatoms. The van der Waals surface area contributed by atoms with Crippen molar-refractivity contribution in [3.05, 3.63) is 150 Å². The Morgan fingerprint density at radius 1 is 0.700 bits per heavy atom. The first-order chi connectivity index (χ1) is 19.1. The van der Waals surface area contributed by atoms with E-state index in [0.717, 1.165) is 6.42 Å². The SMILES string of the molecule is CC(C)(C)c1ccc2[cH-]c3c(C(C)(C)C)cccc3c2c1.[C-]1=CC=CC1.[Zr+2]=[C](c1ccccc1)c1ccccc1. The summed E-state index contributed by atoms with van der Waals surface area (Å²) in [4.78, 5) is 0. The summed E-state index contributed by atoms with van der Waals surface area (Å²) >= 11 is 1.46. The summed E-state index contributed by atoms with van der Waals surface area (Å²) in [5.74, 6) is 0. The van der Waals surface area contributed by atoms with Gasteiger partial charge in [-0.05, 0) is 10.8 Å². The maximum absolute atomic E-state index is 2.99. The molecular formula is C39H40Zr. The van der Waals surface area contributed by atoms with E-state index in [1.165, 1.54) is 71.2 Å². The Bertz CT molecular complexity index is 1560. The van der Waals surface area contributed by atoms with Gasteiger partial charge < -0.3 is 0 Å². The zero-order valence-electron chi connectivity index (χ0n) is 24.8. The van der Waals surface area contributed by atoms with E-state index >= 15 is 0 Å².